The molecule has 1 fully saturated rings. The number of hydrogen-bond donors (Lipinski definition) is 2. The molecule has 1 aliphatic rings. The van der Waals surface area contributed by atoms with Gasteiger partial charge in [-0.2, -0.15) is 0 Å². The van der Waals surface area contributed by atoms with Crippen LogP contribution in [0.3, 0.4) is 0 Å². The molecule has 0 radical (unpaired) electrons. The summed E-state index contributed by atoms with van der Waals surface area (Å²) in [6, 6.07) is 7.45. The van der Waals surface area contributed by atoms with E-state index in [2.05, 4.69) is 10.5 Å². The van der Waals surface area contributed by atoms with Gasteiger partial charge >= 0.3 is 0 Å². The number of carbonyl (C=O) groups is 1. The molecule has 0 saturated carbocycles. The number of likely N-dealkylation sites (tertiary alicyclic amines) is 1. The maximum atomic E-state index is 12.6. The minimum absolute atomic E-state index is 0.0326. The van der Waals surface area contributed by atoms with Gasteiger partial charge in [-0.25, -0.2) is 0 Å². The molecule has 3 rings (SSSR count). The minimum Gasteiger partial charge on any atom is -0.391 e. The molecular formula is C18H23N3O3. The molecule has 1 atom stereocenters. The summed E-state index contributed by atoms with van der Waals surface area (Å²) >= 11 is 0. The van der Waals surface area contributed by atoms with Crippen LogP contribution in [0, 0.1) is 13.8 Å². The van der Waals surface area contributed by atoms with Gasteiger partial charge in [-0.15, -0.1) is 0 Å². The number of β-amino-alcohol motifs (C(OH)–C–C–N with tert-alkyl or cyclic N) is 1. The van der Waals surface area contributed by atoms with Crippen molar-refractivity contribution in [3.8, 4) is 0 Å². The van der Waals surface area contributed by atoms with Crippen LogP contribution in [0.4, 0.5) is 5.69 Å². The van der Waals surface area contributed by atoms with Crippen molar-refractivity contribution < 1.29 is 14.4 Å². The molecule has 1 amide bonds. The summed E-state index contributed by atoms with van der Waals surface area (Å²) in [5, 5.41) is 17.0. The maximum Gasteiger partial charge on any atom is 0.254 e. The van der Waals surface area contributed by atoms with Gasteiger partial charge in [-0.3, -0.25) is 4.79 Å². The molecule has 1 saturated heterocycles. The highest BCUT2D eigenvalue weighted by Gasteiger charge is 2.23. The van der Waals surface area contributed by atoms with E-state index in [9.17, 15) is 9.90 Å². The summed E-state index contributed by atoms with van der Waals surface area (Å²) in [7, 11) is 0. The van der Waals surface area contributed by atoms with Gasteiger partial charge in [-0.05, 0) is 44.9 Å². The summed E-state index contributed by atoms with van der Waals surface area (Å²) in [6.45, 7) is 5.51. The van der Waals surface area contributed by atoms with E-state index in [1.807, 2.05) is 38.1 Å². The molecule has 0 spiro atoms. The maximum absolute atomic E-state index is 12.6. The predicted molar refractivity (Wildman–Crippen MR) is 90.9 cm³/mol. The number of benzene rings is 1. The molecular weight excluding hydrogens is 306 g/mol. The summed E-state index contributed by atoms with van der Waals surface area (Å²) in [5.74, 6) is 0.768. The number of anilines is 1. The lowest BCUT2D eigenvalue weighted by Gasteiger charge is -2.30. The number of carbonyl (C=O) groups excluding carboxylic acids is 1. The van der Waals surface area contributed by atoms with E-state index in [4.69, 9.17) is 4.52 Å². The van der Waals surface area contributed by atoms with E-state index in [0.717, 1.165) is 35.5 Å². The van der Waals surface area contributed by atoms with Gasteiger partial charge in [0.25, 0.3) is 5.91 Å². The molecule has 2 N–H and O–H groups in total. The fourth-order valence-corrected chi connectivity index (χ4v) is 3.03. The lowest BCUT2D eigenvalue weighted by atomic mass is 10.1. The van der Waals surface area contributed by atoms with Crippen LogP contribution >= 0.6 is 0 Å². The second kappa shape index (κ2) is 7.05. The van der Waals surface area contributed by atoms with Gasteiger partial charge in [0.1, 0.15) is 5.76 Å². The number of piperidine rings is 1. The van der Waals surface area contributed by atoms with Crippen LogP contribution in [0.5, 0.6) is 0 Å². The van der Waals surface area contributed by atoms with Crippen LogP contribution in [-0.4, -0.2) is 40.3 Å². The molecule has 0 aliphatic carbocycles. The SMILES string of the molecule is Cc1noc(C)c1CNc1cccc(C(=O)N2CCC[C@@H](O)C2)c1. The molecule has 128 valence electrons. The zero-order chi connectivity index (χ0) is 17.1. The fraction of sp³-hybridized carbons (Fsp3) is 0.444. The van der Waals surface area contributed by atoms with Crippen molar-refractivity contribution in [3.05, 3.63) is 46.8 Å². The van der Waals surface area contributed by atoms with E-state index in [0.29, 0.717) is 25.2 Å². The van der Waals surface area contributed by atoms with Crippen LogP contribution in [-0.2, 0) is 6.54 Å². The van der Waals surface area contributed by atoms with Crippen molar-refractivity contribution in [1.29, 1.82) is 0 Å². The Labute approximate surface area is 141 Å². The van der Waals surface area contributed by atoms with E-state index < -0.39 is 6.10 Å². The lowest BCUT2D eigenvalue weighted by Crippen LogP contribution is -2.42. The molecule has 24 heavy (non-hydrogen) atoms. The first-order valence-electron chi connectivity index (χ1n) is 8.27. The topological polar surface area (TPSA) is 78.6 Å². The standard InChI is InChI=1S/C18H23N3O3/c1-12-17(13(2)24-20-12)10-19-15-6-3-5-14(9-15)18(23)21-8-4-7-16(22)11-21/h3,5-6,9,16,19,22H,4,7-8,10-11H2,1-2H3/t16-/m1/s1. The summed E-state index contributed by atoms with van der Waals surface area (Å²) in [6.07, 6.45) is 1.20. The molecule has 0 bridgehead atoms. The van der Waals surface area contributed by atoms with E-state index in [1.54, 1.807) is 4.90 Å². The highest BCUT2D eigenvalue weighted by molar-refractivity contribution is 5.95. The minimum atomic E-state index is -0.413. The highest BCUT2D eigenvalue weighted by Crippen LogP contribution is 2.19. The molecule has 1 aromatic heterocycles. The van der Waals surface area contributed by atoms with Crippen molar-refractivity contribution in [3.63, 3.8) is 0 Å². The van der Waals surface area contributed by atoms with E-state index in [1.165, 1.54) is 0 Å². The Morgan fingerprint density at radius 1 is 1.46 bits per heavy atom. The second-order valence-electron chi connectivity index (χ2n) is 6.28. The Kier molecular flexibility index (Phi) is 4.85. The third kappa shape index (κ3) is 3.59. The first-order valence-corrected chi connectivity index (χ1v) is 8.27. The van der Waals surface area contributed by atoms with Gasteiger partial charge in [-0.1, -0.05) is 11.2 Å². The van der Waals surface area contributed by atoms with Crippen molar-refractivity contribution >= 4 is 11.6 Å². The number of amides is 1. The van der Waals surface area contributed by atoms with Crippen molar-refractivity contribution in [2.45, 2.75) is 39.3 Å². The van der Waals surface area contributed by atoms with Gasteiger partial charge in [0.05, 0.1) is 11.8 Å². The Hall–Kier alpha value is -2.34. The average molecular weight is 329 g/mol. The average Bonchev–Trinajstić information content (AvgIpc) is 2.91. The quantitative estimate of drug-likeness (QED) is 0.901. The van der Waals surface area contributed by atoms with Crippen LogP contribution in [0.25, 0.3) is 0 Å². The Bertz CT molecular complexity index is 707. The van der Waals surface area contributed by atoms with Gasteiger partial charge in [0, 0.05) is 36.4 Å². The van der Waals surface area contributed by atoms with E-state index >= 15 is 0 Å². The first-order chi connectivity index (χ1) is 11.5. The zero-order valence-electron chi connectivity index (χ0n) is 14.1. The summed E-state index contributed by atoms with van der Waals surface area (Å²) in [5.41, 5.74) is 3.41. The summed E-state index contributed by atoms with van der Waals surface area (Å²) in [4.78, 5) is 14.3. The fourth-order valence-electron chi connectivity index (χ4n) is 3.03. The van der Waals surface area contributed by atoms with Crippen LogP contribution < -0.4 is 5.32 Å². The van der Waals surface area contributed by atoms with Crippen molar-refractivity contribution in [1.82, 2.24) is 10.1 Å². The molecule has 0 unspecified atom stereocenters. The third-order valence-electron chi connectivity index (χ3n) is 4.44. The number of aliphatic hydroxyl groups excluding tert-OH is 1. The third-order valence-corrected chi connectivity index (χ3v) is 4.44. The smallest absolute Gasteiger partial charge is 0.254 e. The molecule has 1 aliphatic heterocycles. The predicted octanol–water partition coefficient (Wildman–Crippen LogP) is 2.50. The second-order valence-corrected chi connectivity index (χ2v) is 6.28. The van der Waals surface area contributed by atoms with Crippen LogP contribution in [0.1, 0.15) is 40.2 Å². The lowest BCUT2D eigenvalue weighted by molar-refractivity contribution is 0.0474. The number of aromatic nitrogens is 1. The normalized spacial score (nSPS) is 17.8. The van der Waals surface area contributed by atoms with Gasteiger partial charge in [0.15, 0.2) is 0 Å². The Morgan fingerprint density at radius 3 is 3.00 bits per heavy atom. The molecule has 6 heteroatoms. The number of rotatable bonds is 4. The Morgan fingerprint density at radius 2 is 2.29 bits per heavy atom. The number of nitrogens with zero attached hydrogens (tertiary/aromatic N) is 2. The van der Waals surface area contributed by atoms with Crippen molar-refractivity contribution in [2.75, 3.05) is 18.4 Å². The zero-order valence-corrected chi connectivity index (χ0v) is 14.1. The molecule has 6 nitrogen and oxygen atoms in total. The number of hydrogen-bond acceptors (Lipinski definition) is 5. The van der Waals surface area contributed by atoms with Crippen LogP contribution in [0.15, 0.2) is 28.8 Å². The highest BCUT2D eigenvalue weighted by atomic mass is 16.5. The summed E-state index contributed by atoms with van der Waals surface area (Å²) < 4.78 is 5.16. The van der Waals surface area contributed by atoms with Crippen LogP contribution in [0.2, 0.25) is 0 Å². The number of aryl methyl sites for hydroxylation is 2. The largest absolute Gasteiger partial charge is 0.391 e. The number of nitrogens with one attached hydrogen (secondary N) is 1. The Balaban J connectivity index is 1.68. The molecule has 1 aromatic carbocycles. The van der Waals surface area contributed by atoms with E-state index in [-0.39, 0.29) is 5.91 Å². The molecule has 2 heterocycles. The van der Waals surface area contributed by atoms with Crippen molar-refractivity contribution in [2.24, 2.45) is 0 Å². The molecule has 2 aromatic rings. The van der Waals surface area contributed by atoms with Gasteiger partial charge < -0.3 is 19.8 Å². The monoisotopic (exact) mass is 329 g/mol. The first kappa shape index (κ1) is 16.5. The number of aliphatic hydroxyl groups is 1. The van der Waals surface area contributed by atoms with Gasteiger partial charge in [0.2, 0.25) is 0 Å².